The first-order chi connectivity index (χ1) is 6.42. The molecule has 14 heavy (non-hydrogen) atoms. The van der Waals surface area contributed by atoms with Crippen molar-refractivity contribution in [3.8, 4) is 5.75 Å². The number of hydrogen-bond donors (Lipinski definition) is 1. The van der Waals surface area contributed by atoms with Crippen molar-refractivity contribution in [2.75, 3.05) is 0 Å². The molecule has 0 unspecified atom stereocenters. The van der Waals surface area contributed by atoms with Gasteiger partial charge in [0.25, 0.3) is 0 Å². The van der Waals surface area contributed by atoms with Gasteiger partial charge in [0.1, 0.15) is 5.75 Å². The van der Waals surface area contributed by atoms with Crippen molar-refractivity contribution >= 4 is 15.9 Å². The predicted octanol–water partition coefficient (Wildman–Crippen LogP) is 2.17. The second-order valence-corrected chi connectivity index (χ2v) is 2.91. The molecule has 0 aliphatic carbocycles. The maximum atomic E-state index is 11.8. The van der Waals surface area contributed by atoms with Gasteiger partial charge in [-0.25, -0.2) is 0 Å². The lowest BCUT2D eigenvalue weighted by molar-refractivity contribution is -0.275. The molecule has 0 aromatic carbocycles. The van der Waals surface area contributed by atoms with E-state index >= 15 is 0 Å². The van der Waals surface area contributed by atoms with Crippen LogP contribution in [0.4, 0.5) is 13.2 Å². The van der Waals surface area contributed by atoms with Gasteiger partial charge < -0.3 is 9.72 Å². The number of H-pyrrole nitrogens is 1. The Morgan fingerprint density at radius 3 is 2.57 bits per heavy atom. The van der Waals surface area contributed by atoms with Crippen LogP contribution in [0.15, 0.2) is 16.9 Å². The molecule has 0 spiro atoms. The Morgan fingerprint density at radius 1 is 1.43 bits per heavy atom. The third-order valence-corrected chi connectivity index (χ3v) is 1.88. The molecule has 7 heteroatoms. The number of rotatable bonds is 2. The summed E-state index contributed by atoms with van der Waals surface area (Å²) in [4.78, 5) is 13.0. The summed E-state index contributed by atoms with van der Waals surface area (Å²) < 4.78 is 39.2. The van der Waals surface area contributed by atoms with E-state index in [1.165, 1.54) is 0 Å². The average molecular weight is 272 g/mol. The highest BCUT2D eigenvalue weighted by Gasteiger charge is 2.32. The molecule has 0 aliphatic rings. The first kappa shape index (κ1) is 11.1. The molecule has 0 radical (unpaired) electrons. The summed E-state index contributed by atoms with van der Waals surface area (Å²) in [6, 6.07) is 1.94. The molecule has 0 fully saturated rings. The van der Waals surface area contributed by atoms with E-state index in [0.29, 0.717) is 0 Å². The standard InChI is InChI=1S/C7H5BrF3NO2/c8-3-4-5(14-7(9,10)11)1-2-6(13)12-4/h1-2H,3H2,(H,12,13). The fourth-order valence-corrected chi connectivity index (χ4v) is 1.24. The fraction of sp³-hybridized carbons (Fsp3) is 0.286. The van der Waals surface area contributed by atoms with E-state index in [4.69, 9.17) is 0 Å². The Bertz CT molecular complexity index is 374. The Kier molecular flexibility index (Phi) is 3.20. The van der Waals surface area contributed by atoms with Gasteiger partial charge in [0.2, 0.25) is 5.56 Å². The van der Waals surface area contributed by atoms with E-state index in [2.05, 4.69) is 25.7 Å². The van der Waals surface area contributed by atoms with Gasteiger partial charge in [-0.15, -0.1) is 13.2 Å². The van der Waals surface area contributed by atoms with Crippen LogP contribution in [0, 0.1) is 0 Å². The van der Waals surface area contributed by atoms with E-state index in [9.17, 15) is 18.0 Å². The summed E-state index contributed by atoms with van der Waals surface area (Å²) in [5.74, 6) is -0.408. The molecule has 0 aliphatic heterocycles. The minimum atomic E-state index is -4.75. The topological polar surface area (TPSA) is 42.1 Å². The summed E-state index contributed by atoms with van der Waals surface area (Å²) in [6.07, 6.45) is -4.75. The maximum Gasteiger partial charge on any atom is 0.573 e. The third-order valence-electron chi connectivity index (χ3n) is 1.32. The van der Waals surface area contributed by atoms with Crippen molar-refractivity contribution in [3.05, 3.63) is 28.2 Å². The fourth-order valence-electron chi connectivity index (χ4n) is 0.824. The maximum absolute atomic E-state index is 11.8. The second-order valence-electron chi connectivity index (χ2n) is 2.35. The van der Waals surface area contributed by atoms with Gasteiger partial charge in [0.05, 0.1) is 5.69 Å². The van der Waals surface area contributed by atoms with Crippen LogP contribution in [-0.2, 0) is 5.33 Å². The van der Waals surface area contributed by atoms with Crippen LogP contribution in [-0.4, -0.2) is 11.3 Å². The molecular formula is C7H5BrF3NO2. The van der Waals surface area contributed by atoms with Gasteiger partial charge in [-0.3, -0.25) is 4.79 Å². The second kappa shape index (κ2) is 4.04. The summed E-state index contributed by atoms with van der Waals surface area (Å²) in [6.45, 7) is 0. The SMILES string of the molecule is O=c1ccc(OC(F)(F)F)c(CBr)[nH]1. The van der Waals surface area contributed by atoms with Gasteiger partial charge in [-0.05, 0) is 6.07 Å². The lowest BCUT2D eigenvalue weighted by Gasteiger charge is -2.10. The molecule has 1 rings (SSSR count). The van der Waals surface area contributed by atoms with E-state index in [-0.39, 0.29) is 11.0 Å². The number of pyridine rings is 1. The number of aromatic amines is 1. The van der Waals surface area contributed by atoms with Gasteiger partial charge in [-0.1, -0.05) is 15.9 Å². The van der Waals surface area contributed by atoms with Crippen molar-refractivity contribution < 1.29 is 17.9 Å². The summed E-state index contributed by atoms with van der Waals surface area (Å²) >= 11 is 2.93. The number of aromatic nitrogens is 1. The van der Waals surface area contributed by atoms with Gasteiger partial charge >= 0.3 is 6.36 Å². The highest BCUT2D eigenvalue weighted by atomic mass is 79.9. The summed E-state index contributed by atoms with van der Waals surface area (Å²) in [5, 5.41) is 0.0779. The predicted molar refractivity (Wildman–Crippen MR) is 46.4 cm³/mol. The molecule has 1 heterocycles. The summed E-state index contributed by atoms with van der Waals surface area (Å²) in [7, 11) is 0. The van der Waals surface area contributed by atoms with Crippen LogP contribution in [0.25, 0.3) is 0 Å². The van der Waals surface area contributed by atoms with Crippen LogP contribution >= 0.6 is 15.9 Å². The van der Waals surface area contributed by atoms with Crippen LogP contribution in [0.1, 0.15) is 5.69 Å². The average Bonchev–Trinajstić information content (AvgIpc) is 2.06. The lowest BCUT2D eigenvalue weighted by atomic mass is 10.3. The Hall–Kier alpha value is -0.980. The first-order valence-electron chi connectivity index (χ1n) is 3.46. The van der Waals surface area contributed by atoms with Crippen molar-refractivity contribution in [2.45, 2.75) is 11.7 Å². The Balaban J connectivity index is 3.03. The van der Waals surface area contributed by atoms with Crippen molar-refractivity contribution in [2.24, 2.45) is 0 Å². The molecule has 0 bridgehead atoms. The molecule has 1 aromatic heterocycles. The van der Waals surface area contributed by atoms with Gasteiger partial charge in [-0.2, -0.15) is 0 Å². The normalized spacial score (nSPS) is 11.4. The largest absolute Gasteiger partial charge is 0.573 e. The molecule has 0 saturated carbocycles. The van der Waals surface area contributed by atoms with Gasteiger partial charge in [0.15, 0.2) is 0 Å². The molecule has 0 saturated heterocycles. The van der Waals surface area contributed by atoms with E-state index < -0.39 is 17.7 Å². The smallest absolute Gasteiger partial charge is 0.404 e. The number of halogens is 4. The highest BCUT2D eigenvalue weighted by molar-refractivity contribution is 9.08. The third kappa shape index (κ3) is 3.06. The van der Waals surface area contributed by atoms with E-state index in [1.807, 2.05) is 0 Å². The minimum absolute atomic E-state index is 0.0508. The minimum Gasteiger partial charge on any atom is -0.404 e. The van der Waals surface area contributed by atoms with Crippen LogP contribution in [0.3, 0.4) is 0 Å². The highest BCUT2D eigenvalue weighted by Crippen LogP contribution is 2.25. The molecular weight excluding hydrogens is 267 g/mol. The zero-order valence-electron chi connectivity index (χ0n) is 6.69. The van der Waals surface area contributed by atoms with Crippen molar-refractivity contribution in [1.82, 2.24) is 4.98 Å². The Morgan fingerprint density at radius 2 is 2.07 bits per heavy atom. The molecule has 78 valence electrons. The number of nitrogens with one attached hydrogen (secondary N) is 1. The van der Waals surface area contributed by atoms with E-state index in [0.717, 1.165) is 12.1 Å². The van der Waals surface area contributed by atoms with Crippen molar-refractivity contribution in [1.29, 1.82) is 0 Å². The molecule has 1 N–H and O–H groups in total. The van der Waals surface area contributed by atoms with Crippen LogP contribution in [0.5, 0.6) is 5.75 Å². The summed E-state index contributed by atoms with van der Waals surface area (Å²) in [5.41, 5.74) is -0.427. The molecule has 1 aromatic rings. The zero-order chi connectivity index (χ0) is 10.8. The Labute approximate surface area is 85.0 Å². The lowest BCUT2D eigenvalue weighted by Crippen LogP contribution is -2.19. The number of alkyl halides is 4. The molecule has 0 amide bonds. The number of ether oxygens (including phenoxy) is 1. The van der Waals surface area contributed by atoms with Crippen LogP contribution in [0.2, 0.25) is 0 Å². The molecule has 3 nitrogen and oxygen atoms in total. The van der Waals surface area contributed by atoms with Crippen LogP contribution < -0.4 is 10.3 Å². The number of hydrogen-bond acceptors (Lipinski definition) is 2. The first-order valence-corrected chi connectivity index (χ1v) is 4.58. The zero-order valence-corrected chi connectivity index (χ0v) is 8.28. The van der Waals surface area contributed by atoms with E-state index in [1.54, 1.807) is 0 Å². The van der Waals surface area contributed by atoms with Crippen molar-refractivity contribution in [3.63, 3.8) is 0 Å². The molecule has 0 atom stereocenters. The monoisotopic (exact) mass is 271 g/mol. The van der Waals surface area contributed by atoms with Gasteiger partial charge in [0, 0.05) is 11.4 Å². The quantitative estimate of drug-likeness (QED) is 0.838.